The largest absolute Gasteiger partial charge is 0.422 e. The highest BCUT2D eigenvalue weighted by Crippen LogP contribution is 2.56. The van der Waals surface area contributed by atoms with Crippen molar-refractivity contribution in [2.45, 2.75) is 46.1 Å². The molecule has 0 spiro atoms. The van der Waals surface area contributed by atoms with Crippen LogP contribution in [0, 0.1) is 6.92 Å². The van der Waals surface area contributed by atoms with Crippen molar-refractivity contribution in [2.24, 2.45) is 0 Å². The Kier molecular flexibility index (Phi) is 6.80. The van der Waals surface area contributed by atoms with Gasteiger partial charge in [0.15, 0.2) is 0 Å². The summed E-state index contributed by atoms with van der Waals surface area (Å²) in [5.74, 6) is 0.0897. The lowest BCUT2D eigenvalue weighted by Crippen LogP contribution is -2.07. The van der Waals surface area contributed by atoms with E-state index in [4.69, 9.17) is 4.74 Å². The smallest absolute Gasteiger partial charge is 0.335 e. The summed E-state index contributed by atoms with van der Waals surface area (Å²) < 4.78 is 6.12. The Balaban J connectivity index is 1.44. The molecule has 0 aliphatic carbocycles. The monoisotopic (exact) mass is 590 g/mol. The third-order valence-electron chi connectivity index (χ3n) is 6.70. The molecule has 2 aliphatic heterocycles. The Morgan fingerprint density at radius 2 is 1.02 bits per heavy atom. The maximum atomic E-state index is 12.8. The van der Waals surface area contributed by atoms with Gasteiger partial charge in [-0.25, -0.2) is 4.79 Å². The topological polar surface area (TPSA) is 26.3 Å². The minimum Gasteiger partial charge on any atom is -0.422 e. The van der Waals surface area contributed by atoms with E-state index in [9.17, 15) is 4.79 Å². The standard InChI is InChI=1S/C34H22O2S4/c1-3-31(35)36-32-23(21-10-8-16-29-33(21)39-27-14-6-4-12-25(27)37-29)18-20(2)19-24(32)22-11-9-17-30-34(22)40-28-15-7-5-13-26(28)38-30/h3-19H,1H2,2H3. The van der Waals surface area contributed by atoms with E-state index >= 15 is 0 Å². The van der Waals surface area contributed by atoms with Crippen LogP contribution in [0.1, 0.15) is 5.56 Å². The molecule has 0 atom stereocenters. The number of carbonyl (C=O) groups excluding carboxylic acids is 1. The molecule has 0 bridgehead atoms. The molecule has 40 heavy (non-hydrogen) atoms. The molecule has 0 unspecified atom stereocenters. The number of fused-ring (bicyclic) bond motifs is 4. The van der Waals surface area contributed by atoms with Crippen LogP contribution in [0.2, 0.25) is 0 Å². The summed E-state index contributed by atoms with van der Waals surface area (Å²) in [6, 6.07) is 34.0. The molecule has 5 aromatic carbocycles. The van der Waals surface area contributed by atoms with Gasteiger partial charge < -0.3 is 4.74 Å². The number of ether oxygens (including phenoxy) is 1. The van der Waals surface area contributed by atoms with Crippen molar-refractivity contribution in [2.75, 3.05) is 0 Å². The number of benzene rings is 5. The summed E-state index contributed by atoms with van der Waals surface area (Å²) in [5.41, 5.74) is 5.01. The van der Waals surface area contributed by atoms with E-state index in [1.165, 1.54) is 45.2 Å². The van der Waals surface area contributed by atoms with Crippen molar-refractivity contribution in [3.63, 3.8) is 0 Å². The van der Waals surface area contributed by atoms with Crippen molar-refractivity contribution < 1.29 is 9.53 Å². The Labute approximate surface area is 250 Å². The van der Waals surface area contributed by atoms with Crippen molar-refractivity contribution in [1.82, 2.24) is 0 Å². The van der Waals surface area contributed by atoms with Crippen LogP contribution in [-0.2, 0) is 4.79 Å². The summed E-state index contributed by atoms with van der Waals surface area (Å²) in [5, 5.41) is 0. The average molecular weight is 591 g/mol. The second kappa shape index (κ2) is 10.6. The molecule has 2 heterocycles. The van der Waals surface area contributed by atoms with Gasteiger partial charge in [0.25, 0.3) is 0 Å². The van der Waals surface area contributed by atoms with E-state index in [-0.39, 0.29) is 0 Å². The van der Waals surface area contributed by atoms with E-state index in [0.29, 0.717) is 5.75 Å². The van der Waals surface area contributed by atoms with E-state index in [1.54, 1.807) is 47.0 Å². The third-order valence-corrected chi connectivity index (χ3v) is 11.9. The molecule has 5 aromatic rings. The minimum absolute atomic E-state index is 0.472. The molecule has 0 N–H and O–H groups in total. The van der Waals surface area contributed by atoms with E-state index < -0.39 is 5.97 Å². The molecule has 0 radical (unpaired) electrons. The zero-order chi connectivity index (χ0) is 27.2. The van der Waals surface area contributed by atoms with Gasteiger partial charge in [-0.3, -0.25) is 0 Å². The number of aryl methyl sites for hydroxylation is 1. The Morgan fingerprint density at radius 1 is 0.600 bits per heavy atom. The van der Waals surface area contributed by atoms with Gasteiger partial charge >= 0.3 is 5.97 Å². The van der Waals surface area contributed by atoms with Crippen molar-refractivity contribution >= 4 is 53.0 Å². The van der Waals surface area contributed by atoms with E-state index in [2.05, 4.69) is 111 Å². The summed E-state index contributed by atoms with van der Waals surface area (Å²) in [4.78, 5) is 22.5. The fourth-order valence-corrected chi connectivity index (χ4v) is 9.73. The second-order valence-corrected chi connectivity index (χ2v) is 13.7. The highest BCUT2D eigenvalue weighted by molar-refractivity contribution is 8.05. The fourth-order valence-electron chi connectivity index (χ4n) is 4.95. The molecule has 0 aromatic heterocycles. The first-order valence-corrected chi connectivity index (χ1v) is 16.0. The molecule has 2 aliphatic rings. The third kappa shape index (κ3) is 4.59. The lowest BCUT2D eigenvalue weighted by molar-refractivity contribution is -0.128. The van der Waals surface area contributed by atoms with Crippen LogP contribution in [0.3, 0.4) is 0 Å². The number of hydrogen-bond acceptors (Lipinski definition) is 6. The number of esters is 1. The van der Waals surface area contributed by atoms with Crippen LogP contribution in [0.4, 0.5) is 0 Å². The van der Waals surface area contributed by atoms with Crippen LogP contribution in [0.5, 0.6) is 5.75 Å². The predicted octanol–water partition coefficient (Wildman–Crippen LogP) is 10.7. The minimum atomic E-state index is -0.472. The van der Waals surface area contributed by atoms with Gasteiger partial charge in [-0.2, -0.15) is 0 Å². The fraction of sp³-hybridized carbons (Fsp3) is 0.0294. The molecular weight excluding hydrogens is 569 g/mol. The van der Waals surface area contributed by atoms with Crippen LogP contribution in [0.25, 0.3) is 22.3 Å². The zero-order valence-electron chi connectivity index (χ0n) is 21.5. The number of carbonyl (C=O) groups is 1. The van der Waals surface area contributed by atoms with Gasteiger partial charge in [-0.1, -0.05) is 102 Å². The maximum absolute atomic E-state index is 12.8. The van der Waals surface area contributed by atoms with E-state index in [1.807, 2.05) is 0 Å². The van der Waals surface area contributed by atoms with Gasteiger partial charge in [0.1, 0.15) is 5.75 Å². The lowest BCUT2D eigenvalue weighted by Gasteiger charge is -2.25. The molecule has 6 heteroatoms. The average Bonchev–Trinajstić information content (AvgIpc) is 2.99. The van der Waals surface area contributed by atoms with Crippen LogP contribution >= 0.6 is 47.0 Å². The van der Waals surface area contributed by atoms with Crippen LogP contribution in [0.15, 0.2) is 149 Å². The van der Waals surface area contributed by atoms with Gasteiger partial charge in [0, 0.05) is 67.5 Å². The molecule has 194 valence electrons. The molecule has 7 rings (SSSR count). The van der Waals surface area contributed by atoms with Crippen molar-refractivity contribution in [1.29, 1.82) is 0 Å². The highest BCUT2D eigenvalue weighted by atomic mass is 32.2. The van der Waals surface area contributed by atoms with Crippen molar-refractivity contribution in [3.05, 3.63) is 115 Å². The van der Waals surface area contributed by atoms with Crippen LogP contribution < -0.4 is 4.74 Å². The molecular formula is C34H22O2S4. The van der Waals surface area contributed by atoms with Gasteiger partial charge in [-0.05, 0) is 61.0 Å². The normalized spacial score (nSPS) is 12.9. The number of rotatable bonds is 4. The molecule has 0 amide bonds. The molecule has 0 saturated heterocycles. The van der Waals surface area contributed by atoms with E-state index in [0.717, 1.165) is 27.8 Å². The first-order chi connectivity index (χ1) is 19.6. The molecule has 2 nitrogen and oxygen atoms in total. The van der Waals surface area contributed by atoms with Gasteiger partial charge in [0.05, 0.1) is 0 Å². The Bertz CT molecular complexity index is 1720. The Morgan fingerprint density at radius 3 is 1.48 bits per heavy atom. The Hall–Kier alpha value is -3.29. The SMILES string of the molecule is C=CC(=O)Oc1c(-c2cccc3c2Sc2ccccc2S3)cc(C)cc1-c1cccc2c1Sc1ccccc1S2. The second-order valence-electron chi connectivity index (χ2n) is 9.38. The highest BCUT2D eigenvalue weighted by Gasteiger charge is 2.27. The maximum Gasteiger partial charge on any atom is 0.335 e. The summed E-state index contributed by atoms with van der Waals surface area (Å²) in [7, 11) is 0. The van der Waals surface area contributed by atoms with Gasteiger partial charge in [-0.15, -0.1) is 0 Å². The molecule has 0 fully saturated rings. The zero-order valence-corrected chi connectivity index (χ0v) is 24.7. The quantitative estimate of drug-likeness (QED) is 0.115. The van der Waals surface area contributed by atoms with Gasteiger partial charge in [0.2, 0.25) is 0 Å². The predicted molar refractivity (Wildman–Crippen MR) is 167 cm³/mol. The summed E-state index contributed by atoms with van der Waals surface area (Å²) in [6.07, 6.45) is 1.23. The molecule has 0 saturated carbocycles. The van der Waals surface area contributed by atoms with Crippen LogP contribution in [-0.4, -0.2) is 5.97 Å². The summed E-state index contributed by atoms with van der Waals surface area (Å²) in [6.45, 7) is 5.78. The van der Waals surface area contributed by atoms with Crippen molar-refractivity contribution in [3.8, 4) is 28.0 Å². The number of hydrogen-bond donors (Lipinski definition) is 0. The first kappa shape index (κ1) is 25.7. The first-order valence-electron chi connectivity index (χ1n) is 12.7. The lowest BCUT2D eigenvalue weighted by atomic mass is 9.94. The summed E-state index contributed by atoms with van der Waals surface area (Å²) >= 11 is 7.11.